The van der Waals surface area contributed by atoms with Crippen LogP contribution in [0.2, 0.25) is 0 Å². The lowest BCUT2D eigenvalue weighted by Crippen LogP contribution is -2.16. The summed E-state index contributed by atoms with van der Waals surface area (Å²) >= 11 is 0. The Kier molecular flexibility index (Phi) is 5.89. The molecule has 3 rings (SSSR count). The van der Waals surface area contributed by atoms with E-state index in [0.29, 0.717) is 17.6 Å². The zero-order valence-electron chi connectivity index (χ0n) is 16.6. The first-order chi connectivity index (χ1) is 13.4. The van der Waals surface area contributed by atoms with E-state index in [2.05, 4.69) is 34.4 Å². The number of hydrogen-bond acceptors (Lipinski definition) is 5. The molecular formula is C22H25N5O. The van der Waals surface area contributed by atoms with Crippen LogP contribution in [-0.2, 0) is 0 Å². The van der Waals surface area contributed by atoms with Gasteiger partial charge in [0, 0.05) is 37.4 Å². The summed E-state index contributed by atoms with van der Waals surface area (Å²) in [7, 11) is 3.98. The summed E-state index contributed by atoms with van der Waals surface area (Å²) in [6.45, 7) is 4.19. The van der Waals surface area contributed by atoms with Gasteiger partial charge in [-0.15, -0.1) is 0 Å². The van der Waals surface area contributed by atoms with Crippen LogP contribution < -0.4 is 15.5 Å². The highest BCUT2D eigenvalue weighted by molar-refractivity contribution is 6.03. The van der Waals surface area contributed by atoms with Crippen LogP contribution in [0.5, 0.6) is 0 Å². The van der Waals surface area contributed by atoms with Crippen molar-refractivity contribution in [3.63, 3.8) is 0 Å². The van der Waals surface area contributed by atoms with Gasteiger partial charge in [-0.25, -0.2) is 9.97 Å². The number of carbonyl (C=O) groups excluding carboxylic acids is 1. The van der Waals surface area contributed by atoms with Gasteiger partial charge in [0.1, 0.15) is 5.69 Å². The molecule has 0 bridgehead atoms. The highest BCUT2D eigenvalue weighted by Crippen LogP contribution is 2.24. The number of benzene rings is 2. The fourth-order valence-corrected chi connectivity index (χ4v) is 2.82. The number of anilines is 4. The van der Waals surface area contributed by atoms with Crippen molar-refractivity contribution in [2.45, 2.75) is 19.8 Å². The lowest BCUT2D eigenvalue weighted by atomic mass is 10.0. The van der Waals surface area contributed by atoms with E-state index in [4.69, 9.17) is 0 Å². The Bertz CT molecular complexity index is 951. The van der Waals surface area contributed by atoms with Crippen LogP contribution in [-0.4, -0.2) is 30.0 Å². The predicted octanol–water partition coefficient (Wildman–Crippen LogP) is 4.66. The summed E-state index contributed by atoms with van der Waals surface area (Å²) in [6, 6.07) is 17.3. The number of nitrogens with one attached hydrogen (secondary N) is 2. The molecule has 144 valence electrons. The molecule has 0 radical (unpaired) electrons. The summed E-state index contributed by atoms with van der Waals surface area (Å²) in [5.74, 6) is 0.424. The van der Waals surface area contributed by atoms with Crippen LogP contribution in [0.3, 0.4) is 0 Å². The van der Waals surface area contributed by atoms with Crippen LogP contribution in [0.15, 0.2) is 60.8 Å². The smallest absolute Gasteiger partial charge is 0.274 e. The molecule has 0 atom stereocenters. The molecule has 0 aliphatic carbocycles. The third kappa shape index (κ3) is 4.65. The van der Waals surface area contributed by atoms with E-state index < -0.39 is 0 Å². The van der Waals surface area contributed by atoms with Gasteiger partial charge in [0.05, 0.1) is 0 Å². The van der Waals surface area contributed by atoms with Gasteiger partial charge in [-0.05, 0) is 47.9 Å². The van der Waals surface area contributed by atoms with E-state index in [0.717, 1.165) is 22.6 Å². The zero-order chi connectivity index (χ0) is 20.1. The Balaban J connectivity index is 1.75. The van der Waals surface area contributed by atoms with Crippen LogP contribution in [0.4, 0.5) is 23.0 Å². The topological polar surface area (TPSA) is 70.2 Å². The molecule has 0 unspecified atom stereocenters. The predicted molar refractivity (Wildman–Crippen MR) is 115 cm³/mol. The van der Waals surface area contributed by atoms with E-state index >= 15 is 0 Å². The lowest BCUT2D eigenvalue weighted by Gasteiger charge is -2.14. The first-order valence-corrected chi connectivity index (χ1v) is 9.22. The SMILES string of the molecule is CC(C)c1ccccc1NC(=O)c1ccnc(Nc2ccc(N(C)C)cc2)n1. The number of aromatic nitrogens is 2. The second-order valence-electron chi connectivity index (χ2n) is 7.03. The number of hydrogen-bond donors (Lipinski definition) is 2. The van der Waals surface area contributed by atoms with Gasteiger partial charge in [-0.1, -0.05) is 32.0 Å². The van der Waals surface area contributed by atoms with Crippen LogP contribution in [0, 0.1) is 0 Å². The summed E-state index contributed by atoms with van der Waals surface area (Å²) in [4.78, 5) is 23.3. The van der Waals surface area contributed by atoms with Crippen molar-refractivity contribution in [1.29, 1.82) is 0 Å². The molecule has 1 heterocycles. The average molecular weight is 375 g/mol. The molecular weight excluding hydrogens is 350 g/mol. The van der Waals surface area contributed by atoms with E-state index in [1.54, 1.807) is 12.3 Å². The minimum absolute atomic E-state index is 0.262. The molecule has 0 saturated heterocycles. The van der Waals surface area contributed by atoms with E-state index in [1.807, 2.05) is 67.5 Å². The summed E-state index contributed by atoms with van der Waals surface area (Å²) in [5.41, 5.74) is 4.15. The maximum atomic E-state index is 12.7. The maximum absolute atomic E-state index is 12.7. The Labute approximate surface area is 165 Å². The van der Waals surface area contributed by atoms with Crippen molar-refractivity contribution in [3.8, 4) is 0 Å². The number of rotatable bonds is 6. The van der Waals surface area contributed by atoms with Crippen molar-refractivity contribution >= 4 is 28.9 Å². The van der Waals surface area contributed by atoms with Gasteiger partial charge in [-0.3, -0.25) is 4.79 Å². The molecule has 6 nitrogen and oxygen atoms in total. The minimum Gasteiger partial charge on any atom is -0.378 e. The molecule has 2 aromatic carbocycles. The monoisotopic (exact) mass is 375 g/mol. The third-order valence-electron chi connectivity index (χ3n) is 4.36. The number of para-hydroxylation sites is 1. The Morgan fingerprint density at radius 2 is 1.71 bits per heavy atom. The second kappa shape index (κ2) is 8.52. The van der Waals surface area contributed by atoms with E-state index in [9.17, 15) is 4.79 Å². The van der Waals surface area contributed by atoms with Crippen molar-refractivity contribution in [1.82, 2.24) is 9.97 Å². The van der Waals surface area contributed by atoms with Crippen molar-refractivity contribution in [3.05, 3.63) is 72.1 Å². The van der Waals surface area contributed by atoms with Crippen LogP contribution in [0.1, 0.15) is 35.8 Å². The maximum Gasteiger partial charge on any atom is 0.274 e. The zero-order valence-corrected chi connectivity index (χ0v) is 16.6. The Morgan fingerprint density at radius 1 is 1.00 bits per heavy atom. The molecule has 0 aliphatic rings. The molecule has 6 heteroatoms. The van der Waals surface area contributed by atoms with Gasteiger partial charge in [0.2, 0.25) is 5.95 Å². The molecule has 28 heavy (non-hydrogen) atoms. The number of amides is 1. The fraction of sp³-hybridized carbons (Fsp3) is 0.227. The summed E-state index contributed by atoms with van der Waals surface area (Å²) < 4.78 is 0. The largest absolute Gasteiger partial charge is 0.378 e. The highest BCUT2D eigenvalue weighted by atomic mass is 16.1. The van der Waals surface area contributed by atoms with Gasteiger partial charge in [-0.2, -0.15) is 0 Å². The standard InChI is InChI=1S/C22H25N5O/c1-15(2)18-7-5-6-8-19(18)25-21(28)20-13-14-23-22(26-20)24-16-9-11-17(12-10-16)27(3)4/h5-15H,1-4H3,(H,25,28)(H,23,24,26). The van der Waals surface area contributed by atoms with E-state index in [-0.39, 0.29) is 5.91 Å². The molecule has 0 saturated carbocycles. The quantitative estimate of drug-likeness (QED) is 0.656. The molecule has 1 aromatic heterocycles. The highest BCUT2D eigenvalue weighted by Gasteiger charge is 2.13. The first kappa shape index (κ1) is 19.4. The second-order valence-corrected chi connectivity index (χ2v) is 7.03. The van der Waals surface area contributed by atoms with Crippen molar-refractivity contribution < 1.29 is 4.79 Å². The number of nitrogens with zero attached hydrogens (tertiary/aromatic N) is 3. The van der Waals surface area contributed by atoms with Crippen LogP contribution >= 0.6 is 0 Å². The van der Waals surface area contributed by atoms with Crippen LogP contribution in [0.25, 0.3) is 0 Å². The van der Waals surface area contributed by atoms with Crippen molar-refractivity contribution in [2.75, 3.05) is 29.6 Å². The first-order valence-electron chi connectivity index (χ1n) is 9.22. The Hall–Kier alpha value is -3.41. The third-order valence-corrected chi connectivity index (χ3v) is 4.36. The Morgan fingerprint density at radius 3 is 2.39 bits per heavy atom. The molecule has 1 amide bonds. The van der Waals surface area contributed by atoms with Gasteiger partial charge in [0.25, 0.3) is 5.91 Å². The normalized spacial score (nSPS) is 10.6. The van der Waals surface area contributed by atoms with Gasteiger partial charge in [0.15, 0.2) is 0 Å². The fourth-order valence-electron chi connectivity index (χ4n) is 2.82. The summed E-state index contributed by atoms with van der Waals surface area (Å²) in [6.07, 6.45) is 1.58. The van der Waals surface area contributed by atoms with Gasteiger partial charge < -0.3 is 15.5 Å². The molecule has 0 spiro atoms. The average Bonchev–Trinajstić information content (AvgIpc) is 2.69. The lowest BCUT2D eigenvalue weighted by molar-refractivity contribution is 0.102. The molecule has 2 N–H and O–H groups in total. The minimum atomic E-state index is -0.262. The molecule has 0 fully saturated rings. The van der Waals surface area contributed by atoms with E-state index in [1.165, 1.54) is 0 Å². The van der Waals surface area contributed by atoms with Gasteiger partial charge >= 0.3 is 0 Å². The summed E-state index contributed by atoms with van der Waals surface area (Å²) in [5, 5.41) is 6.09. The molecule has 3 aromatic rings. The molecule has 0 aliphatic heterocycles. The number of carbonyl (C=O) groups is 1. The van der Waals surface area contributed by atoms with Crippen molar-refractivity contribution in [2.24, 2.45) is 0 Å².